The molecule has 0 aliphatic heterocycles. The van der Waals surface area contributed by atoms with Gasteiger partial charge in [0.2, 0.25) is 0 Å². The Kier molecular flexibility index (Phi) is 43.5. The van der Waals surface area contributed by atoms with Crippen molar-refractivity contribution in [2.24, 2.45) is 5.73 Å². The average molecular weight is 726 g/mol. The zero-order valence-electron chi connectivity index (χ0n) is 35.0. The predicted molar refractivity (Wildman–Crippen MR) is 225 cm³/mol. The number of rotatable bonds is 45. The highest BCUT2D eigenvalue weighted by molar-refractivity contribution is 6.60. The van der Waals surface area contributed by atoms with Crippen molar-refractivity contribution in [2.45, 2.75) is 264 Å². The molecule has 5 heteroatoms. The third kappa shape index (κ3) is 37.8. The van der Waals surface area contributed by atoms with Crippen LogP contribution in [0.15, 0.2) is 0 Å². The maximum atomic E-state index is 6.68. The summed E-state index contributed by atoms with van der Waals surface area (Å²) in [4.78, 5) is 0. The fraction of sp³-hybridized carbons (Fsp3) is 1.00. The molecule has 0 atom stereocenters. The monoisotopic (exact) mass is 726 g/mol. The van der Waals surface area contributed by atoms with Gasteiger partial charge >= 0.3 is 8.80 Å². The van der Waals surface area contributed by atoms with Gasteiger partial charge < -0.3 is 19.0 Å². The van der Waals surface area contributed by atoms with E-state index in [0.29, 0.717) is 6.54 Å². The SMILES string of the molecule is CCCCCCCCCCCCCCO[Si](CCCN)(OCCCCCCCCCCCCCC)OCCCCCCCCCCCCCC. The number of nitrogens with two attached hydrogens (primary N) is 1. The van der Waals surface area contributed by atoms with Crippen LogP contribution in [0.2, 0.25) is 6.04 Å². The summed E-state index contributed by atoms with van der Waals surface area (Å²) in [6, 6.07) is 0.873. The lowest BCUT2D eigenvalue weighted by atomic mass is 10.1. The second-order valence-corrected chi connectivity index (χ2v) is 18.5. The Morgan fingerprint density at radius 3 is 0.680 bits per heavy atom. The van der Waals surface area contributed by atoms with E-state index in [1.807, 2.05) is 0 Å². The molecule has 0 aromatic heterocycles. The number of hydrogen-bond acceptors (Lipinski definition) is 4. The molecule has 0 rings (SSSR count). The second-order valence-electron chi connectivity index (χ2n) is 15.8. The first-order valence-electron chi connectivity index (χ1n) is 23.4. The van der Waals surface area contributed by atoms with E-state index in [1.165, 1.54) is 212 Å². The third-order valence-corrected chi connectivity index (χ3v) is 13.5. The molecule has 4 nitrogen and oxygen atoms in total. The van der Waals surface area contributed by atoms with Crippen LogP contribution in [0.3, 0.4) is 0 Å². The molecular weight excluding hydrogens is 631 g/mol. The molecule has 0 spiro atoms. The van der Waals surface area contributed by atoms with E-state index in [2.05, 4.69) is 20.8 Å². The summed E-state index contributed by atoms with van der Waals surface area (Å²) in [5, 5.41) is 0. The van der Waals surface area contributed by atoms with Crippen molar-refractivity contribution in [2.75, 3.05) is 26.4 Å². The number of unbranched alkanes of at least 4 members (excludes halogenated alkanes) is 33. The van der Waals surface area contributed by atoms with Gasteiger partial charge in [-0.3, -0.25) is 0 Å². The molecule has 0 aliphatic carbocycles. The van der Waals surface area contributed by atoms with E-state index in [1.54, 1.807) is 0 Å². The maximum Gasteiger partial charge on any atom is 0.501 e. The molecule has 0 aliphatic rings. The van der Waals surface area contributed by atoms with Crippen LogP contribution in [0.25, 0.3) is 0 Å². The highest BCUT2D eigenvalue weighted by atomic mass is 28.4. The van der Waals surface area contributed by atoms with Gasteiger partial charge in [-0.1, -0.05) is 233 Å². The molecule has 0 saturated carbocycles. The van der Waals surface area contributed by atoms with Gasteiger partial charge in [-0.2, -0.15) is 0 Å². The largest absolute Gasteiger partial charge is 0.501 e. The lowest BCUT2D eigenvalue weighted by molar-refractivity contribution is 0.0549. The smallest absolute Gasteiger partial charge is 0.373 e. The van der Waals surface area contributed by atoms with E-state index in [-0.39, 0.29) is 0 Å². The first kappa shape index (κ1) is 50.1. The zero-order valence-corrected chi connectivity index (χ0v) is 36.0. The van der Waals surface area contributed by atoms with Crippen LogP contribution >= 0.6 is 0 Å². The molecule has 0 bridgehead atoms. The lowest BCUT2D eigenvalue weighted by Gasteiger charge is -2.30. The van der Waals surface area contributed by atoms with E-state index in [4.69, 9.17) is 19.0 Å². The maximum absolute atomic E-state index is 6.68. The highest BCUT2D eigenvalue weighted by Gasteiger charge is 2.40. The second kappa shape index (κ2) is 43.5. The molecule has 0 aromatic rings. The molecular formula is C45H95NO3Si. The molecule has 302 valence electrons. The molecule has 0 heterocycles. The summed E-state index contributed by atoms with van der Waals surface area (Å²) >= 11 is 0. The Hall–Kier alpha value is 0.0569. The van der Waals surface area contributed by atoms with Crippen LogP contribution in [-0.2, 0) is 13.3 Å². The van der Waals surface area contributed by atoms with Crippen LogP contribution < -0.4 is 5.73 Å². The minimum Gasteiger partial charge on any atom is -0.373 e. The van der Waals surface area contributed by atoms with Crippen LogP contribution in [-0.4, -0.2) is 35.2 Å². The fourth-order valence-electron chi connectivity index (χ4n) is 7.17. The summed E-state index contributed by atoms with van der Waals surface area (Å²) in [6.45, 7) is 9.93. The molecule has 0 aromatic carbocycles. The molecule has 0 saturated heterocycles. The Labute approximate surface area is 317 Å². The van der Waals surface area contributed by atoms with Crippen molar-refractivity contribution in [3.8, 4) is 0 Å². The summed E-state index contributed by atoms with van der Waals surface area (Å²) < 4.78 is 20.0. The van der Waals surface area contributed by atoms with E-state index in [9.17, 15) is 0 Å². The Morgan fingerprint density at radius 1 is 0.280 bits per heavy atom. The van der Waals surface area contributed by atoms with Crippen molar-refractivity contribution >= 4 is 8.80 Å². The minimum atomic E-state index is -2.70. The summed E-state index contributed by atoms with van der Waals surface area (Å²) in [7, 11) is -2.70. The van der Waals surface area contributed by atoms with Crippen LogP contribution in [0.5, 0.6) is 0 Å². The third-order valence-electron chi connectivity index (χ3n) is 10.6. The summed E-state index contributed by atoms with van der Waals surface area (Å²) in [5.74, 6) is 0. The standard InChI is InChI=1S/C45H95NO3Si/c1-4-7-10-13-16-19-22-25-28-31-34-37-42-47-50(45-40-41-46,48-43-38-35-32-29-26-23-20-17-14-11-8-5-2)49-44-39-36-33-30-27-24-21-18-15-12-9-6-3/h4-46H2,1-3H3. The van der Waals surface area contributed by atoms with Gasteiger partial charge in [-0.25, -0.2) is 0 Å². The van der Waals surface area contributed by atoms with Gasteiger partial charge in [0.05, 0.1) is 0 Å². The average Bonchev–Trinajstić information content (AvgIpc) is 3.13. The quantitative estimate of drug-likeness (QED) is 0.0502. The van der Waals surface area contributed by atoms with Crippen molar-refractivity contribution in [3.63, 3.8) is 0 Å². The van der Waals surface area contributed by atoms with Gasteiger partial charge in [0, 0.05) is 25.9 Å². The minimum absolute atomic E-state index is 0.681. The lowest BCUT2D eigenvalue weighted by Crippen LogP contribution is -2.47. The van der Waals surface area contributed by atoms with Crippen molar-refractivity contribution < 1.29 is 13.3 Å². The Balaban J connectivity index is 4.43. The fourth-order valence-corrected chi connectivity index (χ4v) is 9.86. The Morgan fingerprint density at radius 2 is 0.480 bits per heavy atom. The van der Waals surface area contributed by atoms with E-state index in [0.717, 1.165) is 51.5 Å². The van der Waals surface area contributed by atoms with Gasteiger partial charge in [0.1, 0.15) is 0 Å². The summed E-state index contributed by atoms with van der Waals surface area (Å²) in [6.07, 6.45) is 50.0. The van der Waals surface area contributed by atoms with Gasteiger partial charge in [-0.05, 0) is 32.2 Å². The molecule has 50 heavy (non-hydrogen) atoms. The van der Waals surface area contributed by atoms with Gasteiger partial charge in [0.25, 0.3) is 0 Å². The summed E-state index contributed by atoms with van der Waals surface area (Å²) in [5.41, 5.74) is 6.01. The van der Waals surface area contributed by atoms with E-state index >= 15 is 0 Å². The predicted octanol–water partition coefficient (Wildman–Crippen LogP) is 15.4. The van der Waals surface area contributed by atoms with Crippen LogP contribution in [0, 0.1) is 0 Å². The number of hydrogen-bond donors (Lipinski definition) is 1. The molecule has 0 radical (unpaired) electrons. The normalized spacial score (nSPS) is 12.0. The zero-order chi connectivity index (χ0) is 36.3. The van der Waals surface area contributed by atoms with Gasteiger partial charge in [-0.15, -0.1) is 0 Å². The van der Waals surface area contributed by atoms with E-state index < -0.39 is 8.80 Å². The van der Waals surface area contributed by atoms with Crippen molar-refractivity contribution in [1.29, 1.82) is 0 Å². The Bertz CT molecular complexity index is 533. The topological polar surface area (TPSA) is 53.7 Å². The van der Waals surface area contributed by atoms with Gasteiger partial charge in [0.15, 0.2) is 0 Å². The van der Waals surface area contributed by atoms with Crippen molar-refractivity contribution in [3.05, 3.63) is 0 Å². The van der Waals surface area contributed by atoms with Crippen LogP contribution in [0.1, 0.15) is 258 Å². The van der Waals surface area contributed by atoms with Crippen molar-refractivity contribution in [1.82, 2.24) is 0 Å². The first-order chi connectivity index (χ1) is 24.7. The first-order valence-corrected chi connectivity index (χ1v) is 25.3. The molecule has 0 fully saturated rings. The highest BCUT2D eigenvalue weighted by Crippen LogP contribution is 2.22. The molecule has 0 amide bonds. The molecule has 0 unspecified atom stereocenters. The van der Waals surface area contributed by atoms with Crippen LogP contribution in [0.4, 0.5) is 0 Å². The molecule has 2 N–H and O–H groups in total.